The summed E-state index contributed by atoms with van der Waals surface area (Å²) >= 11 is 1.66. The predicted molar refractivity (Wildman–Crippen MR) is 67.1 cm³/mol. The summed E-state index contributed by atoms with van der Waals surface area (Å²) in [4.78, 5) is 2.29. The maximum atomic E-state index is 13.3. The second kappa shape index (κ2) is 4.36. The van der Waals surface area contributed by atoms with Crippen LogP contribution in [0.15, 0.2) is 30.3 Å². The zero-order valence-corrected chi connectivity index (χ0v) is 10.1. The summed E-state index contributed by atoms with van der Waals surface area (Å²) in [6.45, 7) is 3.95. The first-order valence-electron chi connectivity index (χ1n) is 5.20. The Kier molecular flexibility index (Phi) is 3.08. The Hall–Kier alpha value is -1.19. The van der Waals surface area contributed by atoms with Crippen LogP contribution in [0.3, 0.4) is 0 Å². The number of hydrogen-bond donors (Lipinski definition) is 1. The zero-order valence-electron chi connectivity index (χ0n) is 9.33. The molecular weight excluding hydrogens is 221 g/mol. The van der Waals surface area contributed by atoms with Crippen molar-refractivity contribution in [2.45, 2.75) is 19.9 Å². The minimum absolute atomic E-state index is 0.0852. The van der Waals surface area contributed by atoms with Gasteiger partial charge in [-0.2, -0.15) is 0 Å². The second-order valence-corrected chi connectivity index (χ2v) is 5.22. The zero-order chi connectivity index (χ0) is 11.7. The van der Waals surface area contributed by atoms with E-state index in [0.29, 0.717) is 0 Å². The van der Waals surface area contributed by atoms with Crippen molar-refractivity contribution < 1.29 is 4.39 Å². The van der Waals surface area contributed by atoms with Crippen LogP contribution in [0.25, 0.3) is 10.4 Å². The van der Waals surface area contributed by atoms with E-state index in [0.717, 1.165) is 16.0 Å². The Bertz CT molecular complexity index is 502. The molecule has 3 heteroatoms. The van der Waals surface area contributed by atoms with Crippen molar-refractivity contribution in [3.63, 3.8) is 0 Å². The number of aryl methyl sites for hydroxylation is 1. The van der Waals surface area contributed by atoms with Gasteiger partial charge in [0.05, 0.1) is 0 Å². The summed E-state index contributed by atoms with van der Waals surface area (Å²) < 4.78 is 13.3. The molecule has 1 atom stereocenters. The average molecular weight is 235 g/mol. The van der Waals surface area contributed by atoms with E-state index >= 15 is 0 Å². The molecule has 0 saturated heterocycles. The van der Waals surface area contributed by atoms with Crippen LogP contribution < -0.4 is 5.73 Å². The quantitative estimate of drug-likeness (QED) is 0.839. The minimum atomic E-state index is -0.217. The van der Waals surface area contributed by atoms with Crippen molar-refractivity contribution in [1.29, 1.82) is 0 Å². The van der Waals surface area contributed by atoms with Crippen LogP contribution in [0.1, 0.15) is 23.4 Å². The lowest BCUT2D eigenvalue weighted by Gasteiger charge is -2.11. The number of halogens is 1. The molecule has 1 unspecified atom stereocenters. The normalized spacial score (nSPS) is 12.8. The van der Waals surface area contributed by atoms with E-state index in [1.54, 1.807) is 23.5 Å². The first-order valence-corrected chi connectivity index (χ1v) is 6.01. The van der Waals surface area contributed by atoms with Gasteiger partial charge >= 0.3 is 0 Å². The summed E-state index contributed by atoms with van der Waals surface area (Å²) in [5.41, 5.74) is 7.79. The molecule has 2 N–H and O–H groups in total. The molecule has 0 radical (unpaired) electrons. The Morgan fingerprint density at radius 1 is 1.25 bits per heavy atom. The van der Waals surface area contributed by atoms with E-state index in [1.807, 2.05) is 26.0 Å². The number of nitrogens with two attached hydrogens (primary N) is 1. The average Bonchev–Trinajstić information content (AvgIpc) is 2.64. The lowest BCUT2D eigenvalue weighted by molar-refractivity contribution is 0.626. The van der Waals surface area contributed by atoms with E-state index in [1.165, 1.54) is 10.9 Å². The SMILES string of the molecule is Cc1ccc(-c2cc(F)ccc2C(C)N)s1. The number of rotatable bonds is 2. The molecule has 0 spiro atoms. The van der Waals surface area contributed by atoms with Crippen molar-refractivity contribution in [2.24, 2.45) is 5.73 Å². The first-order chi connectivity index (χ1) is 7.58. The molecule has 0 bridgehead atoms. The predicted octanol–water partition coefficient (Wildman–Crippen LogP) is 3.88. The van der Waals surface area contributed by atoms with Gasteiger partial charge in [-0.25, -0.2) is 4.39 Å². The van der Waals surface area contributed by atoms with Crippen molar-refractivity contribution in [1.82, 2.24) is 0 Å². The van der Waals surface area contributed by atoms with Crippen molar-refractivity contribution in [2.75, 3.05) is 0 Å². The number of hydrogen-bond acceptors (Lipinski definition) is 2. The first kappa shape index (κ1) is 11.3. The third kappa shape index (κ3) is 2.15. The van der Waals surface area contributed by atoms with Crippen LogP contribution >= 0.6 is 11.3 Å². The van der Waals surface area contributed by atoms with E-state index in [4.69, 9.17) is 5.73 Å². The van der Waals surface area contributed by atoms with Gasteiger partial charge in [-0.1, -0.05) is 6.07 Å². The number of thiophene rings is 1. The second-order valence-electron chi connectivity index (χ2n) is 3.93. The van der Waals surface area contributed by atoms with Crippen molar-refractivity contribution >= 4 is 11.3 Å². The minimum Gasteiger partial charge on any atom is -0.324 e. The highest BCUT2D eigenvalue weighted by atomic mass is 32.1. The fourth-order valence-corrected chi connectivity index (χ4v) is 2.62. The summed E-state index contributed by atoms with van der Waals surface area (Å²) in [6.07, 6.45) is 0. The Balaban J connectivity index is 2.57. The van der Waals surface area contributed by atoms with E-state index in [9.17, 15) is 4.39 Å². The summed E-state index contributed by atoms with van der Waals surface area (Å²) in [5, 5.41) is 0. The molecule has 0 aliphatic heterocycles. The monoisotopic (exact) mass is 235 g/mol. The summed E-state index contributed by atoms with van der Waals surface area (Å²) in [7, 11) is 0. The van der Waals surface area contributed by atoms with Gasteiger partial charge in [0.25, 0.3) is 0 Å². The third-order valence-electron chi connectivity index (χ3n) is 2.51. The van der Waals surface area contributed by atoms with Gasteiger partial charge in [0.15, 0.2) is 0 Å². The van der Waals surface area contributed by atoms with Crippen LogP contribution in [0, 0.1) is 12.7 Å². The lowest BCUT2D eigenvalue weighted by atomic mass is 10.0. The van der Waals surface area contributed by atoms with Gasteiger partial charge in [-0.3, -0.25) is 0 Å². The maximum Gasteiger partial charge on any atom is 0.123 e. The molecule has 0 saturated carbocycles. The van der Waals surface area contributed by atoms with Gasteiger partial charge in [-0.15, -0.1) is 11.3 Å². The van der Waals surface area contributed by atoms with Gasteiger partial charge in [0.2, 0.25) is 0 Å². The third-order valence-corrected chi connectivity index (χ3v) is 3.55. The van der Waals surface area contributed by atoms with Crippen LogP contribution in [0.4, 0.5) is 4.39 Å². The molecule has 0 aliphatic rings. The molecule has 1 aromatic heterocycles. The standard InChI is InChI=1S/C13H14FNS/c1-8-3-6-13(16-8)12-7-10(14)4-5-11(12)9(2)15/h3-7,9H,15H2,1-2H3. The van der Waals surface area contributed by atoms with E-state index in [-0.39, 0.29) is 11.9 Å². The number of benzene rings is 1. The summed E-state index contributed by atoms with van der Waals surface area (Å²) in [6, 6.07) is 8.76. The molecular formula is C13H14FNS. The molecule has 0 aliphatic carbocycles. The van der Waals surface area contributed by atoms with Gasteiger partial charge < -0.3 is 5.73 Å². The Morgan fingerprint density at radius 2 is 2.00 bits per heavy atom. The highest BCUT2D eigenvalue weighted by Gasteiger charge is 2.11. The summed E-state index contributed by atoms with van der Waals surface area (Å²) in [5.74, 6) is -0.217. The van der Waals surface area contributed by atoms with Gasteiger partial charge in [0, 0.05) is 15.8 Å². The highest BCUT2D eigenvalue weighted by molar-refractivity contribution is 7.15. The molecule has 16 heavy (non-hydrogen) atoms. The molecule has 84 valence electrons. The van der Waals surface area contributed by atoms with Crippen LogP contribution in [0.2, 0.25) is 0 Å². The fourth-order valence-electron chi connectivity index (χ4n) is 1.72. The fraction of sp³-hybridized carbons (Fsp3) is 0.231. The molecule has 0 fully saturated rings. The molecule has 2 rings (SSSR count). The molecule has 2 aromatic rings. The van der Waals surface area contributed by atoms with Crippen molar-refractivity contribution in [3.05, 3.63) is 46.6 Å². The van der Waals surface area contributed by atoms with E-state index < -0.39 is 0 Å². The lowest BCUT2D eigenvalue weighted by Crippen LogP contribution is -2.06. The van der Waals surface area contributed by atoms with E-state index in [2.05, 4.69) is 0 Å². The Labute approximate surface area is 98.7 Å². The highest BCUT2D eigenvalue weighted by Crippen LogP contribution is 2.33. The molecule has 1 nitrogen and oxygen atoms in total. The van der Waals surface area contributed by atoms with Crippen LogP contribution in [0.5, 0.6) is 0 Å². The van der Waals surface area contributed by atoms with Crippen molar-refractivity contribution in [3.8, 4) is 10.4 Å². The van der Waals surface area contributed by atoms with Crippen LogP contribution in [-0.2, 0) is 0 Å². The van der Waals surface area contributed by atoms with Gasteiger partial charge in [0.1, 0.15) is 5.82 Å². The largest absolute Gasteiger partial charge is 0.324 e. The molecule has 1 aromatic carbocycles. The molecule has 1 heterocycles. The maximum absolute atomic E-state index is 13.3. The smallest absolute Gasteiger partial charge is 0.123 e. The molecule has 0 amide bonds. The van der Waals surface area contributed by atoms with Crippen LogP contribution in [-0.4, -0.2) is 0 Å². The Morgan fingerprint density at radius 3 is 2.56 bits per heavy atom. The van der Waals surface area contributed by atoms with Gasteiger partial charge in [-0.05, 0) is 49.2 Å². The topological polar surface area (TPSA) is 26.0 Å².